The summed E-state index contributed by atoms with van der Waals surface area (Å²) in [6, 6.07) is 7.72. The van der Waals surface area contributed by atoms with Gasteiger partial charge in [0, 0.05) is 62.2 Å². The van der Waals surface area contributed by atoms with Crippen molar-refractivity contribution in [2.75, 3.05) is 43.5 Å². The van der Waals surface area contributed by atoms with Crippen LogP contribution in [0.1, 0.15) is 30.7 Å². The van der Waals surface area contributed by atoms with Crippen LogP contribution in [0.15, 0.2) is 30.9 Å². The first-order valence-electron chi connectivity index (χ1n) is 8.86. The first-order chi connectivity index (χ1) is 11.3. The fraction of sp³-hybridized carbons (Fsp3) is 0.579. The van der Waals surface area contributed by atoms with E-state index < -0.39 is 0 Å². The van der Waals surface area contributed by atoms with Gasteiger partial charge in [0.05, 0.1) is 0 Å². The third-order valence-electron chi connectivity index (χ3n) is 5.80. The Hall–Kier alpha value is -1.52. The second-order valence-corrected chi connectivity index (χ2v) is 7.06. The molecule has 0 amide bonds. The lowest BCUT2D eigenvalue weighted by atomic mass is 9.87. The Morgan fingerprint density at radius 3 is 2.87 bits per heavy atom. The third-order valence-corrected chi connectivity index (χ3v) is 5.80. The zero-order valence-corrected chi connectivity index (χ0v) is 13.8. The van der Waals surface area contributed by atoms with Gasteiger partial charge in [0.25, 0.3) is 0 Å². The van der Waals surface area contributed by atoms with Crippen LogP contribution in [0.5, 0.6) is 0 Å². The molecule has 23 heavy (non-hydrogen) atoms. The van der Waals surface area contributed by atoms with Crippen LogP contribution in [-0.2, 0) is 4.74 Å². The number of nitrogens with two attached hydrogens (primary N) is 1. The minimum absolute atomic E-state index is 0.574. The number of hydrogen-bond donors (Lipinski definition) is 1. The molecular weight excluding hydrogens is 286 g/mol. The van der Waals surface area contributed by atoms with E-state index in [0.29, 0.717) is 18.0 Å². The van der Waals surface area contributed by atoms with Gasteiger partial charge in [-0.3, -0.25) is 4.90 Å². The lowest BCUT2D eigenvalue weighted by Gasteiger charge is -2.43. The molecule has 2 atom stereocenters. The Labute approximate surface area is 138 Å². The van der Waals surface area contributed by atoms with Gasteiger partial charge in [0.15, 0.2) is 0 Å². The number of ether oxygens (including phenoxy) is 1. The van der Waals surface area contributed by atoms with Crippen molar-refractivity contribution in [2.45, 2.75) is 37.3 Å². The molecular formula is C19H27N3O. The molecule has 124 valence electrons. The SMILES string of the molecule is C=CCN1c2ccc(N)cc2C2CN(C3CCOCC3)CCC21. The molecule has 2 saturated heterocycles. The Kier molecular flexibility index (Phi) is 4.04. The zero-order valence-electron chi connectivity index (χ0n) is 13.8. The maximum atomic E-state index is 6.08. The van der Waals surface area contributed by atoms with Crippen LogP contribution < -0.4 is 10.6 Å². The fourth-order valence-corrected chi connectivity index (χ4v) is 4.71. The van der Waals surface area contributed by atoms with Crippen molar-refractivity contribution in [3.05, 3.63) is 36.4 Å². The van der Waals surface area contributed by atoms with Crippen molar-refractivity contribution < 1.29 is 4.74 Å². The number of nitrogen functional groups attached to an aromatic ring is 1. The van der Waals surface area contributed by atoms with E-state index in [9.17, 15) is 0 Å². The van der Waals surface area contributed by atoms with Gasteiger partial charge in [-0.25, -0.2) is 0 Å². The van der Waals surface area contributed by atoms with E-state index in [2.05, 4.69) is 28.5 Å². The summed E-state index contributed by atoms with van der Waals surface area (Å²) in [4.78, 5) is 5.24. The summed E-state index contributed by atoms with van der Waals surface area (Å²) < 4.78 is 5.54. The van der Waals surface area contributed by atoms with Gasteiger partial charge >= 0.3 is 0 Å². The molecule has 1 aromatic rings. The summed E-state index contributed by atoms with van der Waals surface area (Å²) in [6.45, 7) is 9.06. The van der Waals surface area contributed by atoms with E-state index >= 15 is 0 Å². The predicted octanol–water partition coefficient (Wildman–Crippen LogP) is 2.61. The van der Waals surface area contributed by atoms with Gasteiger partial charge in [-0.05, 0) is 43.0 Å². The van der Waals surface area contributed by atoms with Gasteiger partial charge in [-0.2, -0.15) is 0 Å². The van der Waals surface area contributed by atoms with Crippen molar-refractivity contribution in [3.8, 4) is 0 Å². The second-order valence-electron chi connectivity index (χ2n) is 7.06. The van der Waals surface area contributed by atoms with E-state index in [-0.39, 0.29) is 0 Å². The average molecular weight is 313 g/mol. The number of piperidine rings is 1. The molecule has 0 bridgehead atoms. The number of hydrogen-bond acceptors (Lipinski definition) is 4. The van der Waals surface area contributed by atoms with Crippen molar-refractivity contribution in [1.82, 2.24) is 4.90 Å². The van der Waals surface area contributed by atoms with Crippen LogP contribution >= 0.6 is 0 Å². The molecule has 4 rings (SSSR count). The molecule has 0 aliphatic carbocycles. The van der Waals surface area contributed by atoms with Crippen molar-refractivity contribution in [2.24, 2.45) is 0 Å². The highest BCUT2D eigenvalue weighted by Gasteiger charge is 2.42. The van der Waals surface area contributed by atoms with Crippen LogP contribution in [0, 0.1) is 0 Å². The highest BCUT2D eigenvalue weighted by molar-refractivity contribution is 5.66. The predicted molar refractivity (Wildman–Crippen MR) is 95.0 cm³/mol. The van der Waals surface area contributed by atoms with Gasteiger partial charge < -0.3 is 15.4 Å². The van der Waals surface area contributed by atoms with Gasteiger partial charge in [0.2, 0.25) is 0 Å². The average Bonchev–Trinajstić information content (AvgIpc) is 2.89. The lowest BCUT2D eigenvalue weighted by Crippen LogP contribution is -2.50. The molecule has 4 heteroatoms. The Morgan fingerprint density at radius 2 is 2.09 bits per heavy atom. The summed E-state index contributed by atoms with van der Waals surface area (Å²) in [5.74, 6) is 0.574. The minimum Gasteiger partial charge on any atom is -0.399 e. The number of benzene rings is 1. The highest BCUT2D eigenvalue weighted by Crippen LogP contribution is 2.45. The molecule has 3 aliphatic heterocycles. The van der Waals surface area contributed by atoms with Gasteiger partial charge in [-0.1, -0.05) is 6.08 Å². The highest BCUT2D eigenvalue weighted by atomic mass is 16.5. The largest absolute Gasteiger partial charge is 0.399 e. The summed E-state index contributed by atoms with van der Waals surface area (Å²) in [5, 5.41) is 0. The van der Waals surface area contributed by atoms with E-state index in [0.717, 1.165) is 32.0 Å². The molecule has 0 aromatic heterocycles. The van der Waals surface area contributed by atoms with Crippen LogP contribution in [-0.4, -0.2) is 49.8 Å². The molecule has 0 saturated carbocycles. The molecule has 0 radical (unpaired) electrons. The van der Waals surface area contributed by atoms with Crippen molar-refractivity contribution in [3.63, 3.8) is 0 Å². The number of likely N-dealkylation sites (tertiary alicyclic amines) is 1. The fourth-order valence-electron chi connectivity index (χ4n) is 4.71. The maximum Gasteiger partial charge on any atom is 0.0480 e. The van der Waals surface area contributed by atoms with Crippen LogP contribution in [0.2, 0.25) is 0 Å². The Morgan fingerprint density at radius 1 is 1.26 bits per heavy atom. The molecule has 3 heterocycles. The first-order valence-corrected chi connectivity index (χ1v) is 8.86. The normalized spacial score (nSPS) is 28.4. The standard InChI is InChI=1S/C19H27N3O/c1-2-8-22-18-4-3-14(20)12-16(18)17-13-21(9-5-19(17)22)15-6-10-23-11-7-15/h2-4,12,15,17,19H,1,5-11,13,20H2. The molecule has 3 aliphatic rings. The third kappa shape index (κ3) is 2.64. The molecule has 4 nitrogen and oxygen atoms in total. The lowest BCUT2D eigenvalue weighted by molar-refractivity contribution is 0.0223. The van der Waals surface area contributed by atoms with Crippen LogP contribution in [0.3, 0.4) is 0 Å². The number of nitrogens with zero attached hydrogens (tertiary/aromatic N) is 2. The summed E-state index contributed by atoms with van der Waals surface area (Å²) >= 11 is 0. The Balaban J connectivity index is 1.60. The van der Waals surface area contributed by atoms with Gasteiger partial charge in [-0.15, -0.1) is 6.58 Å². The number of anilines is 2. The number of fused-ring (bicyclic) bond motifs is 3. The van der Waals surface area contributed by atoms with E-state index in [1.807, 2.05) is 12.1 Å². The van der Waals surface area contributed by atoms with Crippen molar-refractivity contribution >= 4 is 11.4 Å². The summed E-state index contributed by atoms with van der Waals surface area (Å²) in [5.41, 5.74) is 9.76. The van der Waals surface area contributed by atoms with Crippen LogP contribution in [0.4, 0.5) is 11.4 Å². The van der Waals surface area contributed by atoms with E-state index in [1.54, 1.807) is 0 Å². The smallest absolute Gasteiger partial charge is 0.0480 e. The Bertz CT molecular complexity index is 582. The van der Waals surface area contributed by atoms with E-state index in [1.165, 1.54) is 37.1 Å². The van der Waals surface area contributed by atoms with Crippen LogP contribution in [0.25, 0.3) is 0 Å². The monoisotopic (exact) mass is 313 g/mol. The minimum atomic E-state index is 0.574. The molecule has 2 fully saturated rings. The maximum absolute atomic E-state index is 6.08. The zero-order chi connectivity index (χ0) is 15.8. The topological polar surface area (TPSA) is 41.7 Å². The second kappa shape index (κ2) is 6.17. The van der Waals surface area contributed by atoms with Gasteiger partial charge in [0.1, 0.15) is 0 Å². The summed E-state index contributed by atoms with van der Waals surface area (Å²) in [6.07, 6.45) is 5.60. The quantitative estimate of drug-likeness (QED) is 0.688. The molecule has 1 aromatic carbocycles. The molecule has 2 N–H and O–H groups in total. The van der Waals surface area contributed by atoms with Crippen molar-refractivity contribution in [1.29, 1.82) is 0 Å². The first kappa shape index (κ1) is 15.0. The van der Waals surface area contributed by atoms with E-state index in [4.69, 9.17) is 10.5 Å². The molecule has 2 unspecified atom stereocenters. The molecule has 0 spiro atoms. The number of rotatable bonds is 3. The summed E-state index contributed by atoms with van der Waals surface area (Å²) in [7, 11) is 0.